The topological polar surface area (TPSA) is 66.8 Å². The molecule has 5 nitrogen and oxygen atoms in total. The number of aliphatic hydroxyl groups excluding tert-OH is 1. The van der Waals surface area contributed by atoms with E-state index in [1.54, 1.807) is 12.1 Å². The van der Waals surface area contributed by atoms with Gasteiger partial charge in [-0.2, -0.15) is 13.2 Å². The molecule has 198 valence electrons. The quantitative estimate of drug-likeness (QED) is 0.176. The van der Waals surface area contributed by atoms with E-state index in [2.05, 4.69) is 0 Å². The third kappa shape index (κ3) is 4.76. The van der Waals surface area contributed by atoms with Crippen LogP contribution in [0.4, 0.5) is 23.2 Å². The van der Waals surface area contributed by atoms with Gasteiger partial charge in [0.15, 0.2) is 0 Å². The number of ether oxygens (including phenoxy) is 1. The molecule has 0 aromatic heterocycles. The highest BCUT2D eigenvalue weighted by atomic mass is 19.4. The normalized spacial score (nSPS) is 17.7. The molecule has 1 aliphatic rings. The van der Waals surface area contributed by atoms with E-state index in [4.69, 9.17) is 4.74 Å². The molecule has 38 heavy (non-hydrogen) atoms. The maximum Gasteiger partial charge on any atom is 0.416 e. The van der Waals surface area contributed by atoms with E-state index in [9.17, 15) is 27.9 Å². The largest absolute Gasteiger partial charge is 0.507 e. The molecule has 1 saturated heterocycles. The zero-order chi connectivity index (χ0) is 28.0. The van der Waals surface area contributed by atoms with Crippen LogP contribution < -0.4 is 9.64 Å². The van der Waals surface area contributed by atoms with Crippen LogP contribution >= 0.6 is 0 Å². The Balaban J connectivity index is 1.95. The van der Waals surface area contributed by atoms with Gasteiger partial charge in [0, 0.05) is 22.4 Å². The van der Waals surface area contributed by atoms with Crippen molar-refractivity contribution in [2.24, 2.45) is 0 Å². The molecule has 0 saturated carbocycles. The van der Waals surface area contributed by atoms with Crippen molar-refractivity contribution in [2.45, 2.75) is 38.4 Å². The molecule has 1 atom stereocenters. The van der Waals surface area contributed by atoms with Gasteiger partial charge in [0.25, 0.3) is 11.7 Å². The number of amides is 1. The van der Waals surface area contributed by atoms with Gasteiger partial charge in [-0.3, -0.25) is 14.5 Å². The van der Waals surface area contributed by atoms with Crippen molar-refractivity contribution in [1.29, 1.82) is 0 Å². The molecule has 9 heteroatoms. The number of nitrogens with zero attached hydrogens (tertiary/aromatic N) is 1. The summed E-state index contributed by atoms with van der Waals surface area (Å²) in [5.74, 6) is -2.95. The molecule has 4 rings (SSSR count). The van der Waals surface area contributed by atoms with Gasteiger partial charge in [-0.05, 0) is 53.9 Å². The van der Waals surface area contributed by atoms with Crippen LogP contribution in [-0.4, -0.2) is 23.9 Å². The summed E-state index contributed by atoms with van der Waals surface area (Å²) in [6, 6.07) is 12.3. The smallest absolute Gasteiger partial charge is 0.416 e. The van der Waals surface area contributed by atoms with E-state index < -0.39 is 46.5 Å². The minimum absolute atomic E-state index is 0.0579. The molecule has 1 fully saturated rings. The number of benzene rings is 3. The molecule has 1 N–H and O–H groups in total. The second kappa shape index (κ2) is 9.63. The van der Waals surface area contributed by atoms with Crippen LogP contribution in [0.2, 0.25) is 0 Å². The first kappa shape index (κ1) is 26.9. The fourth-order valence-corrected chi connectivity index (χ4v) is 4.50. The Kier molecular flexibility index (Phi) is 6.82. The number of rotatable bonds is 4. The Morgan fingerprint density at radius 3 is 2.13 bits per heavy atom. The average Bonchev–Trinajstić information content (AvgIpc) is 3.12. The van der Waals surface area contributed by atoms with Crippen LogP contribution in [0.5, 0.6) is 5.75 Å². The number of ketones is 1. The second-order valence-electron chi connectivity index (χ2n) is 9.90. The number of carbonyl (C=O) groups is 2. The van der Waals surface area contributed by atoms with E-state index >= 15 is 4.39 Å². The van der Waals surface area contributed by atoms with Crippen LogP contribution in [0.1, 0.15) is 49.1 Å². The number of anilines is 1. The van der Waals surface area contributed by atoms with Crippen LogP contribution in [0.15, 0.2) is 72.3 Å². The highest BCUT2D eigenvalue weighted by Gasteiger charge is 2.48. The van der Waals surface area contributed by atoms with Gasteiger partial charge in [0.2, 0.25) is 0 Å². The van der Waals surface area contributed by atoms with Crippen molar-refractivity contribution in [1.82, 2.24) is 0 Å². The molecule has 1 heterocycles. The van der Waals surface area contributed by atoms with E-state index in [1.165, 1.54) is 31.4 Å². The highest BCUT2D eigenvalue weighted by molar-refractivity contribution is 6.51. The van der Waals surface area contributed by atoms with E-state index in [-0.39, 0.29) is 22.4 Å². The summed E-state index contributed by atoms with van der Waals surface area (Å²) in [6.45, 7) is 5.78. The van der Waals surface area contributed by atoms with Gasteiger partial charge in [0.05, 0.1) is 24.3 Å². The molecule has 3 aromatic rings. The average molecular weight is 528 g/mol. The summed E-state index contributed by atoms with van der Waals surface area (Å²) >= 11 is 0. The van der Waals surface area contributed by atoms with Crippen molar-refractivity contribution in [3.8, 4) is 5.75 Å². The summed E-state index contributed by atoms with van der Waals surface area (Å²) in [6.07, 6.45) is -4.61. The van der Waals surface area contributed by atoms with Crippen molar-refractivity contribution in [3.63, 3.8) is 0 Å². The van der Waals surface area contributed by atoms with Crippen molar-refractivity contribution in [2.75, 3.05) is 12.0 Å². The molecule has 3 aromatic carbocycles. The SMILES string of the molecule is COc1ccc(/C(O)=C2\C(=O)C(=O)N(c3ccc(C(F)(F)F)cc3)C2c2ccccc2F)cc1C(C)(C)C. The molecule has 0 radical (unpaired) electrons. The Hall–Kier alpha value is -4.14. The summed E-state index contributed by atoms with van der Waals surface area (Å²) < 4.78 is 59.8. The lowest BCUT2D eigenvalue weighted by Crippen LogP contribution is -2.30. The second-order valence-corrected chi connectivity index (χ2v) is 9.90. The van der Waals surface area contributed by atoms with E-state index in [0.717, 1.165) is 35.2 Å². The number of carbonyl (C=O) groups excluding carboxylic acids is 2. The van der Waals surface area contributed by atoms with Gasteiger partial charge in [-0.25, -0.2) is 4.39 Å². The zero-order valence-corrected chi connectivity index (χ0v) is 21.1. The number of hydrogen-bond donors (Lipinski definition) is 1. The maximum absolute atomic E-state index is 15.0. The number of Topliss-reactive ketones (excluding diaryl/α,β-unsaturated/α-hetero) is 1. The Morgan fingerprint density at radius 1 is 0.947 bits per heavy atom. The van der Waals surface area contributed by atoms with Crippen LogP contribution in [0, 0.1) is 5.82 Å². The van der Waals surface area contributed by atoms with Gasteiger partial charge >= 0.3 is 6.18 Å². The first-order valence-electron chi connectivity index (χ1n) is 11.7. The third-order valence-corrected chi connectivity index (χ3v) is 6.40. The lowest BCUT2D eigenvalue weighted by molar-refractivity contribution is -0.137. The van der Waals surface area contributed by atoms with Gasteiger partial charge in [-0.15, -0.1) is 0 Å². The molecule has 0 bridgehead atoms. The predicted octanol–water partition coefficient (Wildman–Crippen LogP) is 6.78. The standard InChI is InChI=1S/C29H25F4NO4/c1-28(2,3)20-15-16(9-14-22(20)38-4)25(35)23-24(19-7-5-6-8-21(19)30)34(27(37)26(23)36)18-12-10-17(11-13-18)29(31,32)33/h5-15,24,35H,1-4H3/b25-23+. The Labute approximate surface area is 217 Å². The lowest BCUT2D eigenvalue weighted by Gasteiger charge is -2.26. The van der Waals surface area contributed by atoms with Crippen molar-refractivity contribution in [3.05, 3.63) is 100 Å². The summed E-state index contributed by atoms with van der Waals surface area (Å²) in [5, 5.41) is 11.4. The molecular weight excluding hydrogens is 502 g/mol. The van der Waals surface area contributed by atoms with Gasteiger partial charge in [-0.1, -0.05) is 39.0 Å². The molecular formula is C29H25F4NO4. The van der Waals surface area contributed by atoms with E-state index in [0.29, 0.717) is 11.3 Å². The fourth-order valence-electron chi connectivity index (χ4n) is 4.50. The van der Waals surface area contributed by atoms with Gasteiger partial charge in [0.1, 0.15) is 17.3 Å². The van der Waals surface area contributed by atoms with Crippen molar-refractivity contribution >= 4 is 23.1 Å². The monoisotopic (exact) mass is 527 g/mol. The van der Waals surface area contributed by atoms with Gasteiger partial charge < -0.3 is 9.84 Å². The Morgan fingerprint density at radius 2 is 1.58 bits per heavy atom. The minimum Gasteiger partial charge on any atom is -0.507 e. The Bertz CT molecular complexity index is 1440. The predicted molar refractivity (Wildman–Crippen MR) is 134 cm³/mol. The zero-order valence-electron chi connectivity index (χ0n) is 21.1. The number of aliphatic hydroxyl groups is 1. The highest BCUT2D eigenvalue weighted by Crippen LogP contribution is 2.44. The summed E-state index contributed by atoms with van der Waals surface area (Å²) in [5.41, 5.74) is -1.00. The summed E-state index contributed by atoms with van der Waals surface area (Å²) in [4.78, 5) is 27.4. The molecule has 1 amide bonds. The number of methoxy groups -OCH3 is 1. The van der Waals surface area contributed by atoms with Crippen LogP contribution in [-0.2, 0) is 21.2 Å². The molecule has 1 unspecified atom stereocenters. The number of halogens is 4. The van der Waals surface area contributed by atoms with Crippen LogP contribution in [0.25, 0.3) is 5.76 Å². The minimum atomic E-state index is -4.61. The molecule has 0 aliphatic carbocycles. The third-order valence-electron chi connectivity index (χ3n) is 6.40. The van der Waals surface area contributed by atoms with Crippen molar-refractivity contribution < 1.29 is 37.0 Å². The first-order chi connectivity index (χ1) is 17.8. The summed E-state index contributed by atoms with van der Waals surface area (Å²) in [7, 11) is 1.50. The first-order valence-corrected chi connectivity index (χ1v) is 11.7. The number of alkyl halides is 3. The fraction of sp³-hybridized carbons (Fsp3) is 0.241. The maximum atomic E-state index is 15.0. The van der Waals surface area contributed by atoms with E-state index in [1.807, 2.05) is 20.8 Å². The van der Waals surface area contributed by atoms with Crippen LogP contribution in [0.3, 0.4) is 0 Å². The lowest BCUT2D eigenvalue weighted by atomic mass is 9.84. The molecule has 0 spiro atoms. The molecule has 1 aliphatic heterocycles. The number of hydrogen-bond acceptors (Lipinski definition) is 4.